The molecule has 1 unspecified atom stereocenters. The maximum atomic E-state index is 13.9. The van der Waals surface area contributed by atoms with Gasteiger partial charge in [-0.25, -0.2) is 14.2 Å². The quantitative estimate of drug-likeness (QED) is 0.0819. The maximum absolute atomic E-state index is 13.9. The second-order valence-corrected chi connectivity index (χ2v) is 12.4. The third kappa shape index (κ3) is 10.8. The Balaban J connectivity index is 1.22. The number of thioether (sulfide) groups is 1. The van der Waals surface area contributed by atoms with Gasteiger partial charge in [0.25, 0.3) is 0 Å². The van der Waals surface area contributed by atoms with Gasteiger partial charge >= 0.3 is 12.4 Å². The fourth-order valence-corrected chi connectivity index (χ4v) is 5.92. The van der Waals surface area contributed by atoms with Gasteiger partial charge in [0.2, 0.25) is 0 Å². The molecule has 250 valence electrons. The van der Waals surface area contributed by atoms with Crippen molar-refractivity contribution in [2.24, 2.45) is 9.98 Å². The highest BCUT2D eigenvalue weighted by Crippen LogP contribution is 2.33. The summed E-state index contributed by atoms with van der Waals surface area (Å²) in [5, 5.41) is 14.6. The summed E-state index contributed by atoms with van der Waals surface area (Å²) in [4.78, 5) is 23.1. The third-order valence-corrected chi connectivity index (χ3v) is 8.51. The Bertz CT molecular complexity index is 1580. The number of rotatable bonds is 11. The van der Waals surface area contributed by atoms with E-state index in [1.54, 1.807) is 12.1 Å². The predicted octanol–water partition coefficient (Wildman–Crippen LogP) is 8.91. The number of hydrogen-bond acceptors (Lipinski definition) is 4. The molecule has 8 nitrogen and oxygen atoms in total. The lowest BCUT2D eigenvalue weighted by Crippen LogP contribution is -2.36. The van der Waals surface area contributed by atoms with Crippen LogP contribution in [-0.2, 0) is 0 Å². The number of urea groups is 1. The Kier molecular flexibility index (Phi) is 12.4. The van der Waals surface area contributed by atoms with E-state index in [0.717, 1.165) is 41.8 Å². The molecule has 0 aromatic heterocycles. The zero-order valence-corrected chi connectivity index (χ0v) is 27.2. The first kappa shape index (κ1) is 35.5. The number of anilines is 2. The van der Waals surface area contributed by atoms with E-state index in [1.807, 2.05) is 43.0 Å². The van der Waals surface area contributed by atoms with Crippen molar-refractivity contribution in [3.8, 4) is 5.75 Å². The topological polar surface area (TPSA) is 102 Å². The van der Waals surface area contributed by atoms with Gasteiger partial charge in [0.05, 0.1) is 6.34 Å². The van der Waals surface area contributed by atoms with Crippen LogP contribution >= 0.6 is 11.8 Å². The molecule has 3 aromatic rings. The Hall–Kier alpha value is -4.39. The molecule has 1 atom stereocenters. The lowest BCUT2D eigenvalue weighted by molar-refractivity contribution is -0.274. The molecule has 0 radical (unpaired) electrons. The minimum absolute atomic E-state index is 0.0209. The van der Waals surface area contributed by atoms with Crippen LogP contribution in [0, 0.1) is 11.2 Å². The average molecular weight is 671 g/mol. The molecule has 2 amide bonds. The van der Waals surface area contributed by atoms with Crippen LogP contribution in [0.4, 0.5) is 33.7 Å². The van der Waals surface area contributed by atoms with Crippen LogP contribution in [0.1, 0.15) is 68.6 Å². The molecule has 1 saturated heterocycles. The van der Waals surface area contributed by atoms with Crippen LogP contribution < -0.4 is 20.3 Å². The average Bonchev–Trinajstić information content (AvgIpc) is 3.03. The molecule has 1 aliphatic heterocycles. The minimum Gasteiger partial charge on any atom is -0.406 e. The van der Waals surface area contributed by atoms with Gasteiger partial charge in [-0.3, -0.25) is 5.41 Å². The molecule has 1 heterocycles. The fraction of sp³-hybridized carbons (Fsp3) is 0.353. The van der Waals surface area contributed by atoms with Crippen LogP contribution in [0.3, 0.4) is 0 Å². The van der Waals surface area contributed by atoms with Crippen molar-refractivity contribution in [3.05, 3.63) is 89.2 Å². The number of nitrogens with zero attached hydrogens (tertiary/aromatic N) is 3. The minimum atomic E-state index is -4.75. The molecule has 0 bridgehead atoms. The first-order valence-corrected chi connectivity index (χ1v) is 16.3. The van der Waals surface area contributed by atoms with Gasteiger partial charge in [-0.15, -0.1) is 13.2 Å². The molecule has 0 spiro atoms. The number of halogens is 4. The van der Waals surface area contributed by atoms with Crippen LogP contribution in [-0.4, -0.2) is 48.6 Å². The van der Waals surface area contributed by atoms with Crippen LogP contribution in [0.15, 0.2) is 76.7 Å². The summed E-state index contributed by atoms with van der Waals surface area (Å²) in [5.41, 5.74) is 3.95. The number of carbonyl (C=O) groups excluding carboxylic acids is 1. The van der Waals surface area contributed by atoms with Crippen molar-refractivity contribution < 1.29 is 27.1 Å². The highest BCUT2D eigenvalue weighted by molar-refractivity contribution is 8.14. The predicted molar refractivity (Wildman–Crippen MR) is 182 cm³/mol. The summed E-state index contributed by atoms with van der Waals surface area (Å²) >= 11 is 1.53. The monoisotopic (exact) mass is 670 g/mol. The third-order valence-electron chi connectivity index (χ3n) is 7.44. The van der Waals surface area contributed by atoms with E-state index in [4.69, 9.17) is 5.41 Å². The van der Waals surface area contributed by atoms with E-state index in [9.17, 15) is 22.4 Å². The largest absolute Gasteiger partial charge is 0.573 e. The van der Waals surface area contributed by atoms with E-state index >= 15 is 0 Å². The molecule has 47 heavy (non-hydrogen) atoms. The standard InChI is InChI=1S/C34H38F4N6O2S/c1-22(2)29-20-26(35)11-16-30(29)44-18-5-19-47-33(44)43-32(45)40-17-4-6-23(3)24-7-9-25(10-8-24)31(39)42-21-41-27-12-14-28(15-13-27)46-34(36,37)38/h7-16,20-23H,4-6,17-19H2,1-3H3,(H,40,45)(H2,39,41,42)/b43-33-. The molecular weight excluding hydrogens is 632 g/mol. The summed E-state index contributed by atoms with van der Waals surface area (Å²) in [6.07, 6.45) is -0.934. The van der Waals surface area contributed by atoms with Crippen molar-refractivity contribution in [1.82, 2.24) is 5.32 Å². The first-order chi connectivity index (χ1) is 22.4. The van der Waals surface area contributed by atoms with Crippen molar-refractivity contribution in [3.63, 3.8) is 0 Å². The van der Waals surface area contributed by atoms with Crippen LogP contribution in [0.5, 0.6) is 5.75 Å². The molecule has 4 rings (SSSR count). The van der Waals surface area contributed by atoms with Gasteiger partial charge in [-0.1, -0.05) is 56.8 Å². The van der Waals surface area contributed by atoms with Crippen LogP contribution in [0.2, 0.25) is 0 Å². The summed E-state index contributed by atoms with van der Waals surface area (Å²) in [6, 6.07) is 17.0. The Morgan fingerprint density at radius 2 is 1.81 bits per heavy atom. The maximum Gasteiger partial charge on any atom is 0.573 e. The Morgan fingerprint density at radius 1 is 1.09 bits per heavy atom. The summed E-state index contributed by atoms with van der Waals surface area (Å²) in [6.45, 7) is 7.32. The Labute approximate surface area is 276 Å². The second-order valence-electron chi connectivity index (χ2n) is 11.3. The lowest BCUT2D eigenvalue weighted by Gasteiger charge is -2.32. The second kappa shape index (κ2) is 16.4. The number of hydrogen-bond donors (Lipinski definition) is 3. The van der Waals surface area contributed by atoms with Gasteiger partial charge < -0.3 is 20.3 Å². The van der Waals surface area contributed by atoms with Gasteiger partial charge in [-0.05, 0) is 84.7 Å². The van der Waals surface area contributed by atoms with Crippen molar-refractivity contribution in [2.75, 3.05) is 29.1 Å². The number of aliphatic imine (C=N–C) groups is 2. The highest BCUT2D eigenvalue weighted by atomic mass is 32.2. The molecule has 3 aromatic carbocycles. The normalized spacial score (nSPS) is 15.2. The highest BCUT2D eigenvalue weighted by Gasteiger charge is 2.31. The number of benzene rings is 3. The van der Waals surface area contributed by atoms with E-state index in [1.165, 1.54) is 48.4 Å². The smallest absolute Gasteiger partial charge is 0.406 e. The van der Waals surface area contributed by atoms with Crippen LogP contribution in [0.25, 0.3) is 0 Å². The summed E-state index contributed by atoms with van der Waals surface area (Å²) in [5.74, 6) is 0.612. The summed E-state index contributed by atoms with van der Waals surface area (Å²) < 4.78 is 54.7. The number of alkyl halides is 3. The number of carbonyl (C=O) groups is 1. The lowest BCUT2D eigenvalue weighted by atomic mass is 9.95. The summed E-state index contributed by atoms with van der Waals surface area (Å²) in [7, 11) is 0. The number of amides is 2. The van der Waals surface area contributed by atoms with E-state index in [0.29, 0.717) is 29.5 Å². The SMILES string of the molecule is CC(C)c1cc(F)ccc1N1CCCS/C1=N\C(=O)NCCCC(C)c1ccc(C(=N)/N=C\Nc2ccc(OC(F)(F)F)cc2)cc1. The number of ether oxygens (including phenoxy) is 1. The number of nitrogens with one attached hydrogen (secondary N) is 3. The fourth-order valence-electron chi connectivity index (χ4n) is 4.97. The first-order valence-electron chi connectivity index (χ1n) is 15.3. The zero-order chi connectivity index (χ0) is 34.0. The molecule has 1 fully saturated rings. The van der Waals surface area contributed by atoms with Gasteiger partial charge in [-0.2, -0.15) is 4.99 Å². The van der Waals surface area contributed by atoms with E-state index in [2.05, 4.69) is 32.3 Å². The molecule has 0 saturated carbocycles. The van der Waals surface area contributed by atoms with Crippen molar-refractivity contribution in [2.45, 2.75) is 58.2 Å². The Morgan fingerprint density at radius 3 is 2.49 bits per heavy atom. The van der Waals surface area contributed by atoms with Crippen molar-refractivity contribution in [1.29, 1.82) is 5.41 Å². The molecule has 3 N–H and O–H groups in total. The zero-order valence-electron chi connectivity index (χ0n) is 26.4. The molecule has 1 aliphatic rings. The molecular formula is C34H38F4N6O2S. The van der Waals surface area contributed by atoms with E-state index < -0.39 is 12.4 Å². The molecule has 0 aliphatic carbocycles. The van der Waals surface area contributed by atoms with E-state index in [-0.39, 0.29) is 29.2 Å². The van der Waals surface area contributed by atoms with Gasteiger partial charge in [0.15, 0.2) is 11.0 Å². The molecule has 13 heteroatoms. The van der Waals surface area contributed by atoms with Gasteiger partial charge in [0, 0.05) is 35.8 Å². The number of amidine groups is 2. The van der Waals surface area contributed by atoms with Gasteiger partial charge in [0.1, 0.15) is 11.6 Å². The van der Waals surface area contributed by atoms with Crippen molar-refractivity contribution >= 4 is 46.5 Å².